The normalized spacial score (nSPS) is 11.3. The fraction of sp³-hybridized carbons (Fsp3) is 0.905. The van der Waals surface area contributed by atoms with Gasteiger partial charge in [-0.3, -0.25) is 9.59 Å². The molecule has 26 heavy (non-hydrogen) atoms. The van der Waals surface area contributed by atoms with E-state index in [-0.39, 0.29) is 11.9 Å². The molecule has 0 amide bonds. The Morgan fingerprint density at radius 3 is 1.27 bits per heavy atom. The Balaban J connectivity index is 3.56. The molecule has 0 saturated heterocycles. The van der Waals surface area contributed by atoms with Crippen LogP contribution in [0.3, 0.4) is 0 Å². The summed E-state index contributed by atoms with van der Waals surface area (Å²) >= 11 is -1.39. The summed E-state index contributed by atoms with van der Waals surface area (Å²) in [5, 5.41) is 0. The molecule has 0 aromatic carbocycles. The van der Waals surface area contributed by atoms with Crippen LogP contribution in [-0.4, -0.2) is 17.7 Å². The van der Waals surface area contributed by atoms with Crippen LogP contribution < -0.4 is 0 Å². The first kappa shape index (κ1) is 25.3. The molecule has 0 unspecified atom stereocenters. The van der Waals surface area contributed by atoms with Gasteiger partial charge in [0.1, 0.15) is 0 Å². The van der Waals surface area contributed by atoms with Gasteiger partial charge in [-0.25, -0.2) is 0 Å². The lowest BCUT2D eigenvalue weighted by Crippen LogP contribution is -2.09. The molecule has 0 aromatic rings. The van der Waals surface area contributed by atoms with Crippen LogP contribution >= 0.6 is 11.5 Å². The minimum atomic E-state index is -1.39. The van der Waals surface area contributed by atoms with Gasteiger partial charge in [-0.1, -0.05) is 97.8 Å². The summed E-state index contributed by atoms with van der Waals surface area (Å²) in [4.78, 5) is 22.9. The molecule has 0 rings (SSSR count). The van der Waals surface area contributed by atoms with Gasteiger partial charge < -0.3 is 8.37 Å². The summed E-state index contributed by atoms with van der Waals surface area (Å²) in [6, 6.07) is 0. The van der Waals surface area contributed by atoms with Gasteiger partial charge >= 0.3 is 11.9 Å². The average molecular weight is 391 g/mol. The Hall–Kier alpha value is -0.710. The van der Waals surface area contributed by atoms with Crippen LogP contribution in [0.15, 0.2) is 0 Å². The van der Waals surface area contributed by atoms with Crippen LogP contribution in [0.25, 0.3) is 0 Å². The number of carbonyl (C=O) groups excluding carboxylic acids is 2. The standard InChI is InChI=1S/C21H42O4S/c1-4-7-8-9-10-11-12-13-14-15-16-17-18-19-26(24-20(22)5-2)25-21(23)6-3/h26H,4-19H2,1-3H3. The quantitative estimate of drug-likeness (QED) is 0.206. The molecule has 0 aliphatic carbocycles. The fourth-order valence-electron chi connectivity index (χ4n) is 2.72. The van der Waals surface area contributed by atoms with E-state index in [0.29, 0.717) is 18.6 Å². The molecule has 0 heterocycles. The Labute approximate surface area is 164 Å². The molecule has 0 radical (unpaired) electrons. The molecule has 0 aromatic heterocycles. The van der Waals surface area contributed by atoms with Crippen molar-refractivity contribution >= 4 is 23.4 Å². The topological polar surface area (TPSA) is 52.6 Å². The van der Waals surface area contributed by atoms with Crippen molar-refractivity contribution in [1.29, 1.82) is 0 Å². The van der Waals surface area contributed by atoms with Gasteiger partial charge in [-0.2, -0.15) is 0 Å². The SMILES string of the molecule is CCCCCCCCCCCCCCC[SH](OC(=O)CC)OC(=O)CC. The largest absolute Gasteiger partial charge is 0.347 e. The van der Waals surface area contributed by atoms with E-state index in [9.17, 15) is 9.59 Å². The van der Waals surface area contributed by atoms with E-state index >= 15 is 0 Å². The smallest absolute Gasteiger partial charge is 0.328 e. The van der Waals surface area contributed by atoms with Gasteiger partial charge in [0, 0.05) is 12.8 Å². The second-order valence-corrected chi connectivity index (χ2v) is 8.41. The van der Waals surface area contributed by atoms with Crippen LogP contribution in [0.5, 0.6) is 0 Å². The number of rotatable bonds is 18. The number of unbranched alkanes of at least 4 members (excludes halogenated alkanes) is 12. The average Bonchev–Trinajstić information content (AvgIpc) is 2.64. The van der Waals surface area contributed by atoms with Crippen molar-refractivity contribution in [3.8, 4) is 0 Å². The van der Waals surface area contributed by atoms with Gasteiger partial charge in [0.15, 0.2) is 0 Å². The van der Waals surface area contributed by atoms with Crippen molar-refractivity contribution in [1.82, 2.24) is 0 Å². The van der Waals surface area contributed by atoms with Crippen molar-refractivity contribution in [2.75, 3.05) is 5.75 Å². The molecular weight excluding hydrogens is 348 g/mol. The Bertz CT molecular complexity index is 329. The number of hydrogen-bond acceptors (Lipinski definition) is 4. The highest BCUT2D eigenvalue weighted by Crippen LogP contribution is 2.31. The lowest BCUT2D eigenvalue weighted by Gasteiger charge is -2.24. The Morgan fingerprint density at radius 2 is 0.923 bits per heavy atom. The van der Waals surface area contributed by atoms with Crippen molar-refractivity contribution < 1.29 is 18.0 Å². The molecule has 4 nitrogen and oxygen atoms in total. The van der Waals surface area contributed by atoms with Gasteiger partial charge in [-0.05, 0) is 6.42 Å². The van der Waals surface area contributed by atoms with Crippen LogP contribution in [0.1, 0.15) is 117 Å². The maximum absolute atomic E-state index is 11.4. The second-order valence-electron chi connectivity index (χ2n) is 6.93. The summed E-state index contributed by atoms with van der Waals surface area (Å²) in [5.74, 6) is 0.106. The molecule has 0 spiro atoms. The third-order valence-corrected chi connectivity index (χ3v) is 5.92. The van der Waals surface area contributed by atoms with E-state index in [1.807, 2.05) is 0 Å². The summed E-state index contributed by atoms with van der Waals surface area (Å²) < 4.78 is 10.5. The number of thiol groups is 1. The maximum atomic E-state index is 11.4. The lowest BCUT2D eigenvalue weighted by atomic mass is 10.1. The van der Waals surface area contributed by atoms with Crippen LogP contribution in [0, 0.1) is 0 Å². The highest BCUT2D eigenvalue weighted by atomic mass is 32.2. The van der Waals surface area contributed by atoms with E-state index in [0.717, 1.165) is 12.8 Å². The maximum Gasteiger partial charge on any atom is 0.328 e. The first-order chi connectivity index (χ1) is 12.6. The highest BCUT2D eigenvalue weighted by Gasteiger charge is 2.11. The minimum absolute atomic E-state index is 0.283. The van der Waals surface area contributed by atoms with Gasteiger partial charge in [0.05, 0.1) is 5.75 Å². The molecule has 0 atom stereocenters. The third kappa shape index (κ3) is 16.7. The number of hydrogen-bond donors (Lipinski definition) is 1. The van der Waals surface area contributed by atoms with Gasteiger partial charge in [0.2, 0.25) is 0 Å². The zero-order chi connectivity index (χ0) is 19.5. The van der Waals surface area contributed by atoms with Crippen LogP contribution in [0.2, 0.25) is 0 Å². The van der Waals surface area contributed by atoms with E-state index in [2.05, 4.69) is 6.92 Å². The van der Waals surface area contributed by atoms with Crippen molar-refractivity contribution in [2.24, 2.45) is 0 Å². The Morgan fingerprint density at radius 1 is 0.577 bits per heavy atom. The summed E-state index contributed by atoms with van der Waals surface area (Å²) in [7, 11) is 0. The van der Waals surface area contributed by atoms with Crippen LogP contribution in [0.4, 0.5) is 0 Å². The molecule has 0 fully saturated rings. The van der Waals surface area contributed by atoms with Gasteiger partial charge in [0.25, 0.3) is 0 Å². The Kier molecular flexibility index (Phi) is 18.5. The first-order valence-corrected chi connectivity index (χ1v) is 12.2. The predicted octanol–water partition coefficient (Wildman–Crippen LogP) is 6.82. The molecule has 0 N–H and O–H groups in total. The zero-order valence-electron chi connectivity index (χ0n) is 17.4. The summed E-state index contributed by atoms with van der Waals surface area (Å²) in [5.41, 5.74) is 0. The monoisotopic (exact) mass is 390 g/mol. The van der Waals surface area contributed by atoms with E-state index in [1.54, 1.807) is 13.8 Å². The van der Waals surface area contributed by atoms with E-state index < -0.39 is 11.5 Å². The molecule has 156 valence electrons. The molecule has 5 heteroatoms. The van der Waals surface area contributed by atoms with Crippen molar-refractivity contribution in [3.63, 3.8) is 0 Å². The van der Waals surface area contributed by atoms with E-state index in [1.165, 1.54) is 70.6 Å². The lowest BCUT2D eigenvalue weighted by molar-refractivity contribution is -0.136. The fourth-order valence-corrected chi connectivity index (χ4v) is 4.14. The van der Waals surface area contributed by atoms with Crippen molar-refractivity contribution in [2.45, 2.75) is 117 Å². The van der Waals surface area contributed by atoms with Crippen molar-refractivity contribution in [3.05, 3.63) is 0 Å². The molecular formula is C21H42O4S. The molecule has 0 saturated carbocycles. The zero-order valence-corrected chi connectivity index (χ0v) is 18.3. The third-order valence-electron chi connectivity index (χ3n) is 4.43. The molecule has 0 bridgehead atoms. The van der Waals surface area contributed by atoms with Crippen LogP contribution in [-0.2, 0) is 18.0 Å². The molecule has 0 aliphatic rings. The first-order valence-electron chi connectivity index (χ1n) is 10.8. The summed E-state index contributed by atoms with van der Waals surface area (Å²) in [6.45, 7) is 5.77. The summed E-state index contributed by atoms with van der Waals surface area (Å²) in [6.07, 6.45) is 17.5. The highest BCUT2D eigenvalue weighted by molar-refractivity contribution is 8.09. The number of carbonyl (C=O) groups is 2. The van der Waals surface area contributed by atoms with E-state index in [4.69, 9.17) is 8.37 Å². The second kappa shape index (κ2) is 19.1. The van der Waals surface area contributed by atoms with Gasteiger partial charge in [-0.15, -0.1) is 11.5 Å². The predicted molar refractivity (Wildman–Crippen MR) is 112 cm³/mol. The molecule has 0 aliphatic heterocycles. The minimum Gasteiger partial charge on any atom is -0.347 e.